The number of aldehydes is 1. The largest absolute Gasteiger partial charge is 0.302 e. The second kappa shape index (κ2) is 5.92. The molecule has 0 aliphatic heterocycles. The van der Waals surface area contributed by atoms with Gasteiger partial charge in [0.25, 0.3) is 0 Å². The molecule has 2 rings (SSSR count). The Morgan fingerprint density at radius 3 is 2.00 bits per heavy atom. The number of benzene rings is 2. The van der Waals surface area contributed by atoms with E-state index in [1.165, 1.54) is 6.42 Å². The molecule has 2 aromatic carbocycles. The Kier molecular flexibility index (Phi) is 4.02. The predicted octanol–water partition coefficient (Wildman–Crippen LogP) is 2.79. The quantitative estimate of drug-likeness (QED) is 0.592. The number of hydrogen-bond acceptors (Lipinski definition) is 2. The third-order valence-electron chi connectivity index (χ3n) is 2.71. The molecule has 0 spiro atoms. The molecule has 2 heteroatoms. The van der Waals surface area contributed by atoms with Gasteiger partial charge in [0.05, 0.1) is 12.3 Å². The van der Waals surface area contributed by atoms with E-state index in [4.69, 9.17) is 0 Å². The third-order valence-corrected chi connectivity index (χ3v) is 2.71. The molecule has 1 atom stereocenters. The second-order valence-electron chi connectivity index (χ2n) is 3.98. The molecule has 2 aromatic rings. The fourth-order valence-electron chi connectivity index (χ4n) is 1.77. The van der Waals surface area contributed by atoms with Crippen molar-refractivity contribution >= 4 is 12.1 Å². The van der Waals surface area contributed by atoms with E-state index in [0.29, 0.717) is 6.29 Å². The van der Waals surface area contributed by atoms with Gasteiger partial charge in [-0.25, -0.2) is 0 Å². The molecular formula is C16H13O2. The van der Waals surface area contributed by atoms with Crippen LogP contribution < -0.4 is 0 Å². The van der Waals surface area contributed by atoms with Crippen molar-refractivity contribution in [3.63, 3.8) is 0 Å². The normalized spacial score (nSPS) is 11.8. The van der Waals surface area contributed by atoms with Gasteiger partial charge in [-0.05, 0) is 11.1 Å². The molecule has 0 aromatic heterocycles. The number of rotatable bonds is 5. The molecule has 0 aliphatic carbocycles. The van der Waals surface area contributed by atoms with Crippen LogP contribution in [0.25, 0.3) is 0 Å². The fraction of sp³-hybridized carbons (Fsp3) is 0.0625. The molecule has 1 radical (unpaired) electrons. The first-order chi connectivity index (χ1) is 8.81. The lowest BCUT2D eigenvalue weighted by atomic mass is 9.92. The van der Waals surface area contributed by atoms with Crippen LogP contribution in [0.3, 0.4) is 0 Å². The SMILES string of the molecule is O=CC(C(=O)[CH]c1ccccc1)c1ccccc1. The van der Waals surface area contributed by atoms with Crippen LogP contribution >= 0.6 is 0 Å². The monoisotopic (exact) mass is 237 g/mol. The predicted molar refractivity (Wildman–Crippen MR) is 70.1 cm³/mol. The van der Waals surface area contributed by atoms with Gasteiger partial charge in [0.1, 0.15) is 6.29 Å². The number of hydrogen-bond donors (Lipinski definition) is 0. The van der Waals surface area contributed by atoms with Crippen LogP contribution in [0.15, 0.2) is 60.7 Å². The molecule has 18 heavy (non-hydrogen) atoms. The first kappa shape index (κ1) is 12.2. The van der Waals surface area contributed by atoms with E-state index >= 15 is 0 Å². The average molecular weight is 237 g/mol. The van der Waals surface area contributed by atoms with Crippen LogP contribution in [-0.4, -0.2) is 12.1 Å². The van der Waals surface area contributed by atoms with E-state index in [0.717, 1.165) is 11.1 Å². The van der Waals surface area contributed by atoms with Gasteiger partial charge in [-0.15, -0.1) is 0 Å². The molecule has 0 amide bonds. The first-order valence-corrected chi connectivity index (χ1v) is 5.75. The topological polar surface area (TPSA) is 34.1 Å². The van der Waals surface area contributed by atoms with Crippen LogP contribution in [0.1, 0.15) is 17.0 Å². The Hall–Kier alpha value is -2.22. The summed E-state index contributed by atoms with van der Waals surface area (Å²) in [5.74, 6) is -0.909. The van der Waals surface area contributed by atoms with E-state index in [9.17, 15) is 9.59 Å². The second-order valence-corrected chi connectivity index (χ2v) is 3.98. The molecule has 0 aliphatic rings. The molecule has 0 saturated carbocycles. The molecular weight excluding hydrogens is 224 g/mol. The highest BCUT2D eigenvalue weighted by Crippen LogP contribution is 2.17. The van der Waals surface area contributed by atoms with Crippen LogP contribution in [0, 0.1) is 6.42 Å². The molecule has 0 saturated heterocycles. The Morgan fingerprint density at radius 2 is 1.44 bits per heavy atom. The zero-order valence-electron chi connectivity index (χ0n) is 9.82. The Labute approximate surface area is 106 Å². The maximum Gasteiger partial charge on any atom is 0.155 e. The van der Waals surface area contributed by atoms with Crippen LogP contribution in [-0.2, 0) is 9.59 Å². The van der Waals surface area contributed by atoms with Gasteiger partial charge in [0, 0.05) is 0 Å². The minimum absolute atomic E-state index is 0.192. The van der Waals surface area contributed by atoms with Gasteiger partial charge in [-0.2, -0.15) is 0 Å². The number of ketones is 1. The van der Waals surface area contributed by atoms with Gasteiger partial charge in [0.2, 0.25) is 0 Å². The zero-order valence-corrected chi connectivity index (χ0v) is 9.82. The number of carbonyl (C=O) groups excluding carboxylic acids is 2. The molecule has 1 unspecified atom stereocenters. The summed E-state index contributed by atoms with van der Waals surface area (Å²) in [7, 11) is 0. The Morgan fingerprint density at radius 1 is 0.889 bits per heavy atom. The maximum atomic E-state index is 12.1. The first-order valence-electron chi connectivity index (χ1n) is 5.75. The summed E-state index contributed by atoms with van der Waals surface area (Å²) in [6.07, 6.45) is 2.20. The van der Waals surface area contributed by atoms with Crippen molar-refractivity contribution in [2.45, 2.75) is 5.92 Å². The summed E-state index contributed by atoms with van der Waals surface area (Å²) in [5, 5.41) is 0. The summed E-state index contributed by atoms with van der Waals surface area (Å²) in [4.78, 5) is 23.2. The summed E-state index contributed by atoms with van der Waals surface area (Å²) in [6, 6.07) is 18.4. The summed E-state index contributed by atoms with van der Waals surface area (Å²) in [5.41, 5.74) is 1.54. The highest BCUT2D eigenvalue weighted by atomic mass is 16.1. The van der Waals surface area contributed by atoms with Crippen LogP contribution in [0.4, 0.5) is 0 Å². The fourth-order valence-corrected chi connectivity index (χ4v) is 1.77. The lowest BCUT2D eigenvalue weighted by molar-refractivity contribution is -0.121. The van der Waals surface area contributed by atoms with E-state index in [2.05, 4.69) is 0 Å². The smallest absolute Gasteiger partial charge is 0.155 e. The van der Waals surface area contributed by atoms with E-state index in [1.54, 1.807) is 12.1 Å². The van der Waals surface area contributed by atoms with Gasteiger partial charge in [-0.3, -0.25) is 4.79 Å². The van der Waals surface area contributed by atoms with Crippen molar-refractivity contribution in [1.82, 2.24) is 0 Å². The van der Waals surface area contributed by atoms with Crippen LogP contribution in [0.5, 0.6) is 0 Å². The van der Waals surface area contributed by atoms with Crippen molar-refractivity contribution < 1.29 is 9.59 Å². The van der Waals surface area contributed by atoms with Gasteiger partial charge in [-0.1, -0.05) is 60.7 Å². The summed E-state index contributed by atoms with van der Waals surface area (Å²) < 4.78 is 0. The highest BCUT2D eigenvalue weighted by molar-refractivity contribution is 6.05. The van der Waals surface area contributed by atoms with Crippen LogP contribution in [0.2, 0.25) is 0 Å². The Bertz CT molecular complexity index is 517. The van der Waals surface area contributed by atoms with E-state index < -0.39 is 5.92 Å². The molecule has 89 valence electrons. The zero-order chi connectivity index (χ0) is 12.8. The molecule has 2 nitrogen and oxygen atoms in total. The molecule has 0 bridgehead atoms. The standard InChI is InChI=1S/C16H13O2/c17-12-15(14-9-5-2-6-10-14)16(18)11-13-7-3-1-4-8-13/h1-12,15H. The number of Topliss-reactive ketones (excluding diaryl/α,β-unsaturated/α-hetero) is 1. The molecule has 0 heterocycles. The van der Waals surface area contributed by atoms with E-state index in [1.807, 2.05) is 48.5 Å². The van der Waals surface area contributed by atoms with Crippen molar-refractivity contribution in [3.8, 4) is 0 Å². The summed E-state index contributed by atoms with van der Waals surface area (Å²) >= 11 is 0. The summed E-state index contributed by atoms with van der Waals surface area (Å²) in [6.45, 7) is 0. The van der Waals surface area contributed by atoms with E-state index in [-0.39, 0.29) is 5.78 Å². The van der Waals surface area contributed by atoms with Gasteiger partial charge < -0.3 is 4.79 Å². The lowest BCUT2D eigenvalue weighted by Gasteiger charge is -2.09. The average Bonchev–Trinajstić information content (AvgIpc) is 2.42. The minimum Gasteiger partial charge on any atom is -0.302 e. The van der Waals surface area contributed by atoms with Gasteiger partial charge >= 0.3 is 0 Å². The molecule has 0 N–H and O–H groups in total. The number of carbonyl (C=O) groups is 2. The van der Waals surface area contributed by atoms with Crippen molar-refractivity contribution in [1.29, 1.82) is 0 Å². The van der Waals surface area contributed by atoms with Crippen molar-refractivity contribution in [2.24, 2.45) is 0 Å². The highest BCUT2D eigenvalue weighted by Gasteiger charge is 2.19. The third kappa shape index (κ3) is 2.92. The van der Waals surface area contributed by atoms with Crippen molar-refractivity contribution in [3.05, 3.63) is 78.2 Å². The maximum absolute atomic E-state index is 12.1. The molecule has 0 fully saturated rings. The Balaban J connectivity index is 2.14. The lowest BCUT2D eigenvalue weighted by Crippen LogP contribution is -2.14. The minimum atomic E-state index is -0.716. The van der Waals surface area contributed by atoms with Crippen molar-refractivity contribution in [2.75, 3.05) is 0 Å². The van der Waals surface area contributed by atoms with Gasteiger partial charge in [0.15, 0.2) is 5.78 Å².